The summed E-state index contributed by atoms with van der Waals surface area (Å²) in [4.78, 5) is 0. The van der Waals surface area contributed by atoms with E-state index < -0.39 is 0 Å². The van der Waals surface area contributed by atoms with Crippen molar-refractivity contribution in [2.75, 3.05) is 6.54 Å². The number of ether oxygens (including phenoxy) is 1. The van der Waals surface area contributed by atoms with Gasteiger partial charge in [-0.05, 0) is 49.9 Å². The van der Waals surface area contributed by atoms with Gasteiger partial charge in [0, 0.05) is 6.54 Å². The van der Waals surface area contributed by atoms with Gasteiger partial charge < -0.3 is 10.5 Å². The van der Waals surface area contributed by atoms with Gasteiger partial charge in [0.05, 0.1) is 11.7 Å². The van der Waals surface area contributed by atoms with E-state index in [1.807, 2.05) is 0 Å². The molecule has 19 heavy (non-hydrogen) atoms. The zero-order chi connectivity index (χ0) is 13.9. The van der Waals surface area contributed by atoms with Gasteiger partial charge in [-0.1, -0.05) is 40.0 Å². The fraction of sp³-hybridized carbons (Fsp3) is 1.00. The minimum atomic E-state index is 0.00373. The molecule has 0 heterocycles. The molecule has 2 aliphatic carbocycles. The van der Waals surface area contributed by atoms with Crippen molar-refractivity contribution < 1.29 is 4.74 Å². The first-order chi connectivity index (χ1) is 8.95. The zero-order valence-corrected chi connectivity index (χ0v) is 13.2. The second-order valence-electron chi connectivity index (χ2n) is 7.91. The fourth-order valence-electron chi connectivity index (χ4n) is 3.92. The van der Waals surface area contributed by atoms with Crippen molar-refractivity contribution in [2.45, 2.75) is 90.3 Å². The molecule has 2 fully saturated rings. The molecule has 0 atom stereocenters. The van der Waals surface area contributed by atoms with Gasteiger partial charge in [0.1, 0.15) is 0 Å². The van der Waals surface area contributed by atoms with E-state index in [0.717, 1.165) is 5.92 Å². The topological polar surface area (TPSA) is 35.2 Å². The van der Waals surface area contributed by atoms with E-state index in [4.69, 9.17) is 10.5 Å². The second kappa shape index (κ2) is 6.13. The summed E-state index contributed by atoms with van der Waals surface area (Å²) < 4.78 is 6.51. The highest BCUT2D eigenvalue weighted by Crippen LogP contribution is 2.43. The Morgan fingerprint density at radius 2 is 1.58 bits per heavy atom. The predicted molar refractivity (Wildman–Crippen MR) is 81.2 cm³/mol. The van der Waals surface area contributed by atoms with E-state index in [0.29, 0.717) is 18.1 Å². The molecule has 0 saturated heterocycles. The van der Waals surface area contributed by atoms with Gasteiger partial charge in [0.25, 0.3) is 0 Å². The first-order valence-electron chi connectivity index (χ1n) is 8.33. The lowest BCUT2D eigenvalue weighted by molar-refractivity contribution is -0.128. The first-order valence-corrected chi connectivity index (χ1v) is 8.33. The zero-order valence-electron chi connectivity index (χ0n) is 13.2. The molecule has 0 aromatic carbocycles. The Balaban J connectivity index is 1.90. The van der Waals surface area contributed by atoms with Crippen LogP contribution in [0.2, 0.25) is 0 Å². The van der Waals surface area contributed by atoms with Crippen LogP contribution in [-0.4, -0.2) is 18.2 Å². The molecule has 2 nitrogen and oxygen atoms in total. The quantitative estimate of drug-likeness (QED) is 0.829. The van der Waals surface area contributed by atoms with Crippen molar-refractivity contribution in [1.82, 2.24) is 0 Å². The summed E-state index contributed by atoms with van der Waals surface area (Å²) in [6.45, 7) is 7.82. The summed E-state index contributed by atoms with van der Waals surface area (Å²) in [5.74, 6) is 0.835. The minimum absolute atomic E-state index is 0.00373. The summed E-state index contributed by atoms with van der Waals surface area (Å²) >= 11 is 0. The Morgan fingerprint density at radius 1 is 1.00 bits per heavy atom. The molecule has 0 amide bonds. The molecule has 0 aromatic rings. The van der Waals surface area contributed by atoms with E-state index in [2.05, 4.69) is 20.8 Å². The second-order valence-corrected chi connectivity index (χ2v) is 7.91. The van der Waals surface area contributed by atoms with Crippen LogP contribution in [-0.2, 0) is 4.74 Å². The molecule has 2 N–H and O–H groups in total. The third kappa shape index (κ3) is 3.95. The van der Waals surface area contributed by atoms with Crippen molar-refractivity contribution in [2.24, 2.45) is 17.1 Å². The maximum atomic E-state index is 6.51. The Hall–Kier alpha value is -0.0800. The number of nitrogens with two attached hydrogens (primary N) is 1. The molecular weight excluding hydrogens is 234 g/mol. The van der Waals surface area contributed by atoms with E-state index in [-0.39, 0.29) is 5.60 Å². The summed E-state index contributed by atoms with van der Waals surface area (Å²) in [5, 5.41) is 0. The van der Waals surface area contributed by atoms with Gasteiger partial charge >= 0.3 is 0 Å². The Morgan fingerprint density at radius 3 is 2.05 bits per heavy atom. The number of rotatable bonds is 3. The fourth-order valence-corrected chi connectivity index (χ4v) is 3.92. The molecule has 0 unspecified atom stereocenters. The van der Waals surface area contributed by atoms with Gasteiger partial charge in [-0.2, -0.15) is 0 Å². The summed E-state index contributed by atoms with van der Waals surface area (Å²) in [7, 11) is 0. The summed E-state index contributed by atoms with van der Waals surface area (Å²) in [5.41, 5.74) is 6.52. The molecule has 2 aliphatic rings. The van der Waals surface area contributed by atoms with E-state index >= 15 is 0 Å². The molecule has 0 bridgehead atoms. The van der Waals surface area contributed by atoms with E-state index in [9.17, 15) is 0 Å². The van der Waals surface area contributed by atoms with Crippen LogP contribution < -0.4 is 5.73 Å². The van der Waals surface area contributed by atoms with Crippen molar-refractivity contribution >= 4 is 0 Å². The lowest BCUT2D eigenvalue weighted by atomic mass is 9.68. The van der Waals surface area contributed by atoms with Crippen LogP contribution in [0, 0.1) is 11.3 Å². The van der Waals surface area contributed by atoms with Gasteiger partial charge in [-0.3, -0.25) is 0 Å². The van der Waals surface area contributed by atoms with E-state index in [1.165, 1.54) is 57.8 Å². The smallest absolute Gasteiger partial charge is 0.0808 e. The normalized spacial score (nSPS) is 34.4. The molecule has 112 valence electrons. The third-order valence-electron chi connectivity index (χ3n) is 5.46. The van der Waals surface area contributed by atoms with Gasteiger partial charge in [-0.15, -0.1) is 0 Å². The number of hydrogen-bond acceptors (Lipinski definition) is 2. The highest BCUT2D eigenvalue weighted by Gasteiger charge is 2.40. The molecule has 2 heteroatoms. The average Bonchev–Trinajstić information content (AvgIpc) is 2.39. The lowest BCUT2D eigenvalue weighted by Gasteiger charge is -2.45. The third-order valence-corrected chi connectivity index (χ3v) is 5.46. The predicted octanol–water partition coefficient (Wildman–Crippen LogP) is 4.27. The SMILES string of the molecule is CC(C)(C)C1CCC(CN)(OC2CCCCC2)CC1. The van der Waals surface area contributed by atoms with Crippen LogP contribution in [0.1, 0.15) is 78.6 Å². The Labute approximate surface area is 119 Å². The molecule has 2 saturated carbocycles. The molecule has 0 radical (unpaired) electrons. The Kier molecular flexibility index (Phi) is 4.94. The highest BCUT2D eigenvalue weighted by molar-refractivity contribution is 4.92. The molecule has 0 spiro atoms. The maximum Gasteiger partial charge on any atom is 0.0808 e. The van der Waals surface area contributed by atoms with Crippen LogP contribution in [0.3, 0.4) is 0 Å². The summed E-state index contributed by atoms with van der Waals surface area (Å²) in [6, 6.07) is 0. The van der Waals surface area contributed by atoms with Crippen molar-refractivity contribution in [3.05, 3.63) is 0 Å². The Bertz CT molecular complexity index is 267. The minimum Gasteiger partial charge on any atom is -0.370 e. The molecule has 0 aromatic heterocycles. The van der Waals surface area contributed by atoms with Crippen molar-refractivity contribution in [1.29, 1.82) is 0 Å². The highest BCUT2D eigenvalue weighted by atomic mass is 16.5. The van der Waals surface area contributed by atoms with Crippen LogP contribution >= 0.6 is 0 Å². The monoisotopic (exact) mass is 267 g/mol. The average molecular weight is 267 g/mol. The van der Waals surface area contributed by atoms with Crippen molar-refractivity contribution in [3.63, 3.8) is 0 Å². The first kappa shape index (κ1) is 15.3. The van der Waals surface area contributed by atoms with Gasteiger partial charge in [-0.25, -0.2) is 0 Å². The molecular formula is C17H33NO. The summed E-state index contributed by atoms with van der Waals surface area (Å²) in [6.07, 6.45) is 12.0. The van der Waals surface area contributed by atoms with Crippen LogP contribution in [0.25, 0.3) is 0 Å². The van der Waals surface area contributed by atoms with Crippen LogP contribution in [0.5, 0.6) is 0 Å². The standard InChI is InChI=1S/C17H33NO/c1-16(2,3)14-9-11-17(13-18,12-10-14)19-15-7-5-4-6-8-15/h14-15H,4-13,18H2,1-3H3. The molecule has 0 aliphatic heterocycles. The van der Waals surface area contributed by atoms with Crippen molar-refractivity contribution in [3.8, 4) is 0 Å². The maximum absolute atomic E-state index is 6.51. The van der Waals surface area contributed by atoms with Gasteiger partial charge in [0.2, 0.25) is 0 Å². The van der Waals surface area contributed by atoms with E-state index in [1.54, 1.807) is 0 Å². The van der Waals surface area contributed by atoms with Crippen LogP contribution in [0.4, 0.5) is 0 Å². The molecule has 2 rings (SSSR count). The number of hydrogen-bond donors (Lipinski definition) is 1. The van der Waals surface area contributed by atoms with Crippen LogP contribution in [0.15, 0.2) is 0 Å². The lowest BCUT2D eigenvalue weighted by Crippen LogP contribution is -2.47. The van der Waals surface area contributed by atoms with Gasteiger partial charge in [0.15, 0.2) is 0 Å². The largest absolute Gasteiger partial charge is 0.370 e.